The summed E-state index contributed by atoms with van der Waals surface area (Å²) in [5, 5.41) is 17.4. The van der Waals surface area contributed by atoms with Gasteiger partial charge in [-0.05, 0) is 11.6 Å². The Morgan fingerprint density at radius 3 is 2.94 bits per heavy atom. The van der Waals surface area contributed by atoms with Crippen LogP contribution >= 0.6 is 0 Å². The molecule has 0 aliphatic rings. The van der Waals surface area contributed by atoms with Crippen LogP contribution in [0.3, 0.4) is 0 Å². The second kappa shape index (κ2) is 5.56. The largest absolute Gasteiger partial charge is 0.495 e. The van der Waals surface area contributed by atoms with Crippen LogP contribution in [0.15, 0.2) is 24.3 Å². The molecule has 1 aromatic carbocycles. The minimum absolute atomic E-state index is 0.0674. The number of hydrogen-bond acceptors (Lipinski definition) is 3. The van der Waals surface area contributed by atoms with E-state index >= 15 is 0 Å². The molecule has 0 heterocycles. The van der Waals surface area contributed by atoms with E-state index in [1.807, 2.05) is 6.07 Å². The van der Waals surface area contributed by atoms with E-state index in [0.717, 1.165) is 0 Å². The molecule has 1 rings (SSSR count). The summed E-state index contributed by atoms with van der Waals surface area (Å²) in [4.78, 5) is 10.3. The lowest BCUT2D eigenvalue weighted by molar-refractivity contribution is -0.135. The van der Waals surface area contributed by atoms with E-state index in [1.165, 1.54) is 13.2 Å². The molecular formula is C12H11NO3. The van der Waals surface area contributed by atoms with Crippen LogP contribution in [0.4, 0.5) is 0 Å². The Balaban J connectivity index is 3.01. The summed E-state index contributed by atoms with van der Waals surface area (Å²) in [5.41, 5.74) is 1.06. The monoisotopic (exact) mass is 217 g/mol. The lowest BCUT2D eigenvalue weighted by Gasteiger charge is -2.04. The Bertz CT molecular complexity index is 458. The zero-order valence-electron chi connectivity index (χ0n) is 8.80. The molecule has 82 valence electrons. The maximum Gasteiger partial charge on any atom is 0.307 e. The maximum absolute atomic E-state index is 10.3. The molecular weight excluding hydrogens is 206 g/mol. The van der Waals surface area contributed by atoms with Gasteiger partial charge in [-0.15, -0.1) is 0 Å². The third-order valence-corrected chi connectivity index (χ3v) is 1.98. The highest BCUT2D eigenvalue weighted by molar-refractivity contribution is 5.71. The van der Waals surface area contributed by atoms with Gasteiger partial charge in [0.1, 0.15) is 17.4 Å². The normalized spacial score (nSPS) is 10.0. The first kappa shape index (κ1) is 11.8. The summed E-state index contributed by atoms with van der Waals surface area (Å²) in [6.07, 6.45) is 3.04. The fraction of sp³-hybridized carbons (Fsp3) is 0.167. The standard InChI is InChI=1S/C12H11NO3/c1-16-11-6-2-4-9(10(11)8-13)5-3-7-12(14)15/h2-6H,7H2,1H3,(H,14,15). The Morgan fingerprint density at radius 1 is 1.62 bits per heavy atom. The van der Waals surface area contributed by atoms with Crippen LogP contribution in [-0.4, -0.2) is 18.2 Å². The zero-order valence-corrected chi connectivity index (χ0v) is 8.80. The van der Waals surface area contributed by atoms with E-state index in [9.17, 15) is 4.79 Å². The number of ether oxygens (including phenoxy) is 1. The van der Waals surface area contributed by atoms with Crippen molar-refractivity contribution in [1.82, 2.24) is 0 Å². The second-order valence-corrected chi connectivity index (χ2v) is 3.04. The quantitative estimate of drug-likeness (QED) is 0.837. The number of nitriles is 1. The van der Waals surface area contributed by atoms with Crippen LogP contribution in [0.2, 0.25) is 0 Å². The minimum atomic E-state index is -0.905. The van der Waals surface area contributed by atoms with Gasteiger partial charge < -0.3 is 9.84 Å². The fourth-order valence-electron chi connectivity index (χ4n) is 1.26. The minimum Gasteiger partial charge on any atom is -0.495 e. The molecule has 1 aromatic rings. The second-order valence-electron chi connectivity index (χ2n) is 3.04. The van der Waals surface area contributed by atoms with E-state index in [4.69, 9.17) is 15.1 Å². The van der Waals surface area contributed by atoms with Crippen LogP contribution in [0.5, 0.6) is 5.75 Å². The Labute approximate surface area is 93.4 Å². The van der Waals surface area contributed by atoms with Gasteiger partial charge in [0.15, 0.2) is 0 Å². The van der Waals surface area contributed by atoms with Crippen molar-refractivity contribution in [3.05, 3.63) is 35.4 Å². The Morgan fingerprint density at radius 2 is 2.38 bits per heavy atom. The molecule has 0 radical (unpaired) electrons. The fourth-order valence-corrected chi connectivity index (χ4v) is 1.26. The molecule has 0 atom stereocenters. The molecule has 4 heteroatoms. The summed E-state index contributed by atoms with van der Waals surface area (Å²) in [7, 11) is 1.49. The van der Waals surface area contributed by atoms with Crippen molar-refractivity contribution in [2.24, 2.45) is 0 Å². The predicted molar refractivity (Wildman–Crippen MR) is 59.0 cm³/mol. The van der Waals surface area contributed by atoms with Crippen molar-refractivity contribution < 1.29 is 14.6 Å². The van der Waals surface area contributed by atoms with Crippen molar-refractivity contribution in [2.75, 3.05) is 7.11 Å². The third kappa shape index (κ3) is 2.85. The molecule has 0 saturated carbocycles. The highest BCUT2D eigenvalue weighted by atomic mass is 16.5. The number of benzene rings is 1. The number of nitrogens with zero attached hydrogens (tertiary/aromatic N) is 1. The number of carboxylic acids is 1. The van der Waals surface area contributed by atoms with Crippen LogP contribution in [0.1, 0.15) is 17.5 Å². The van der Waals surface area contributed by atoms with Crippen LogP contribution in [-0.2, 0) is 4.79 Å². The molecule has 0 aromatic heterocycles. The van der Waals surface area contributed by atoms with Crippen LogP contribution in [0, 0.1) is 11.3 Å². The number of carboxylic acid groups (broad SMARTS) is 1. The lowest BCUT2D eigenvalue weighted by atomic mass is 10.1. The average molecular weight is 217 g/mol. The van der Waals surface area contributed by atoms with Crippen molar-refractivity contribution >= 4 is 12.0 Å². The molecule has 0 amide bonds. The summed E-state index contributed by atoms with van der Waals surface area (Å²) in [5.74, 6) is -0.419. The van der Waals surface area contributed by atoms with Gasteiger partial charge in [-0.25, -0.2) is 0 Å². The number of aliphatic carboxylic acids is 1. The van der Waals surface area contributed by atoms with Gasteiger partial charge in [0.05, 0.1) is 13.5 Å². The predicted octanol–water partition coefficient (Wildman–Crippen LogP) is 2.05. The van der Waals surface area contributed by atoms with Crippen LogP contribution in [0.25, 0.3) is 6.08 Å². The zero-order chi connectivity index (χ0) is 12.0. The topological polar surface area (TPSA) is 70.3 Å². The highest BCUT2D eigenvalue weighted by Crippen LogP contribution is 2.22. The molecule has 0 aliphatic carbocycles. The van der Waals surface area contributed by atoms with Crippen LogP contribution < -0.4 is 4.74 Å². The molecule has 4 nitrogen and oxygen atoms in total. The van der Waals surface area contributed by atoms with Gasteiger partial charge in [0.25, 0.3) is 0 Å². The first-order chi connectivity index (χ1) is 7.69. The molecule has 0 saturated heterocycles. The van der Waals surface area contributed by atoms with Gasteiger partial charge in [0.2, 0.25) is 0 Å². The Hall–Kier alpha value is -2.28. The van der Waals surface area contributed by atoms with Gasteiger partial charge in [-0.2, -0.15) is 5.26 Å². The number of rotatable bonds is 4. The third-order valence-electron chi connectivity index (χ3n) is 1.98. The Kier molecular flexibility index (Phi) is 4.10. The van der Waals surface area contributed by atoms with E-state index in [1.54, 1.807) is 24.3 Å². The van der Waals surface area contributed by atoms with E-state index in [0.29, 0.717) is 16.9 Å². The summed E-state index contributed by atoms with van der Waals surface area (Å²) in [6, 6.07) is 7.20. The first-order valence-electron chi connectivity index (χ1n) is 4.64. The first-order valence-corrected chi connectivity index (χ1v) is 4.64. The number of hydrogen-bond donors (Lipinski definition) is 1. The average Bonchev–Trinajstić information content (AvgIpc) is 2.28. The number of methoxy groups -OCH3 is 1. The van der Waals surface area contributed by atoms with E-state index in [-0.39, 0.29) is 6.42 Å². The molecule has 0 aliphatic heterocycles. The van der Waals surface area contributed by atoms with Crippen molar-refractivity contribution in [1.29, 1.82) is 5.26 Å². The van der Waals surface area contributed by atoms with Gasteiger partial charge in [-0.1, -0.05) is 24.3 Å². The molecule has 0 fully saturated rings. The van der Waals surface area contributed by atoms with Gasteiger partial charge in [-0.3, -0.25) is 4.79 Å². The smallest absolute Gasteiger partial charge is 0.307 e. The highest BCUT2D eigenvalue weighted by Gasteiger charge is 2.05. The van der Waals surface area contributed by atoms with Crippen molar-refractivity contribution in [3.63, 3.8) is 0 Å². The van der Waals surface area contributed by atoms with Crippen molar-refractivity contribution in [3.8, 4) is 11.8 Å². The number of carbonyl (C=O) groups is 1. The maximum atomic E-state index is 10.3. The van der Waals surface area contributed by atoms with Gasteiger partial charge in [0, 0.05) is 0 Å². The summed E-state index contributed by atoms with van der Waals surface area (Å²) >= 11 is 0. The van der Waals surface area contributed by atoms with E-state index < -0.39 is 5.97 Å². The molecule has 0 bridgehead atoms. The van der Waals surface area contributed by atoms with E-state index in [2.05, 4.69) is 0 Å². The summed E-state index contributed by atoms with van der Waals surface area (Å²) < 4.78 is 5.03. The molecule has 16 heavy (non-hydrogen) atoms. The molecule has 1 N–H and O–H groups in total. The lowest BCUT2D eigenvalue weighted by Crippen LogP contribution is -1.92. The molecule has 0 unspecified atom stereocenters. The SMILES string of the molecule is COc1cccc(C=CCC(=O)O)c1C#N. The summed E-state index contributed by atoms with van der Waals surface area (Å²) in [6.45, 7) is 0. The molecule has 0 spiro atoms. The van der Waals surface area contributed by atoms with Crippen molar-refractivity contribution in [2.45, 2.75) is 6.42 Å². The van der Waals surface area contributed by atoms with Gasteiger partial charge >= 0.3 is 5.97 Å².